The number of benzene rings is 1. The van der Waals surface area contributed by atoms with Crippen LogP contribution in [0.15, 0.2) is 18.2 Å². The van der Waals surface area contributed by atoms with E-state index in [0.717, 1.165) is 18.3 Å². The van der Waals surface area contributed by atoms with E-state index < -0.39 is 11.7 Å². The maximum Gasteiger partial charge on any atom is 0.416 e. The second-order valence-corrected chi connectivity index (χ2v) is 5.96. The van der Waals surface area contributed by atoms with Crippen LogP contribution in [0.3, 0.4) is 0 Å². The van der Waals surface area contributed by atoms with Crippen molar-refractivity contribution < 1.29 is 13.2 Å². The SMILES string of the molecule is CN(CC(C)(C)C)c1ccc(C(F)(F)F)c(CN)c1. The fourth-order valence-electron chi connectivity index (χ4n) is 2.07. The third kappa shape index (κ3) is 4.42. The van der Waals surface area contributed by atoms with Crippen molar-refractivity contribution in [1.82, 2.24) is 0 Å². The van der Waals surface area contributed by atoms with Crippen LogP contribution in [0.5, 0.6) is 0 Å². The summed E-state index contributed by atoms with van der Waals surface area (Å²) in [6, 6.07) is 4.12. The summed E-state index contributed by atoms with van der Waals surface area (Å²) in [5.74, 6) is 0. The van der Waals surface area contributed by atoms with E-state index in [4.69, 9.17) is 5.73 Å². The molecule has 0 amide bonds. The number of nitrogens with two attached hydrogens (primary N) is 1. The molecule has 0 radical (unpaired) electrons. The summed E-state index contributed by atoms with van der Waals surface area (Å²) in [7, 11) is 1.87. The third-order valence-electron chi connectivity index (χ3n) is 2.77. The zero-order valence-electron chi connectivity index (χ0n) is 11.8. The predicted octanol–water partition coefficient (Wildman–Crippen LogP) is 3.65. The maximum atomic E-state index is 12.8. The van der Waals surface area contributed by atoms with Gasteiger partial charge in [0.2, 0.25) is 0 Å². The van der Waals surface area contributed by atoms with E-state index in [-0.39, 0.29) is 17.5 Å². The van der Waals surface area contributed by atoms with Crippen molar-refractivity contribution in [2.75, 3.05) is 18.5 Å². The molecule has 1 rings (SSSR count). The summed E-state index contributed by atoms with van der Waals surface area (Å²) in [6.45, 7) is 6.88. The molecule has 5 heteroatoms. The van der Waals surface area contributed by atoms with E-state index in [1.54, 1.807) is 0 Å². The number of hydrogen-bond acceptors (Lipinski definition) is 2. The summed E-state index contributed by atoms with van der Waals surface area (Å²) < 4.78 is 38.3. The van der Waals surface area contributed by atoms with E-state index in [2.05, 4.69) is 20.8 Å². The Morgan fingerprint density at radius 1 is 1.16 bits per heavy atom. The van der Waals surface area contributed by atoms with Crippen LogP contribution in [0.25, 0.3) is 0 Å². The van der Waals surface area contributed by atoms with Crippen molar-refractivity contribution in [3.05, 3.63) is 29.3 Å². The molecule has 0 aliphatic rings. The molecule has 0 spiro atoms. The minimum absolute atomic E-state index is 0.0698. The Hall–Kier alpha value is -1.23. The molecule has 0 aromatic heterocycles. The number of halogens is 3. The van der Waals surface area contributed by atoms with Gasteiger partial charge in [-0.1, -0.05) is 20.8 Å². The lowest BCUT2D eigenvalue weighted by atomic mass is 9.95. The minimum atomic E-state index is -4.35. The number of nitrogens with zero attached hydrogens (tertiary/aromatic N) is 1. The van der Waals surface area contributed by atoms with Crippen molar-refractivity contribution in [3.63, 3.8) is 0 Å². The van der Waals surface area contributed by atoms with E-state index in [0.29, 0.717) is 0 Å². The first kappa shape index (κ1) is 15.8. The van der Waals surface area contributed by atoms with Gasteiger partial charge in [0.25, 0.3) is 0 Å². The van der Waals surface area contributed by atoms with Crippen molar-refractivity contribution >= 4 is 5.69 Å². The van der Waals surface area contributed by atoms with Gasteiger partial charge in [0.05, 0.1) is 5.56 Å². The molecule has 19 heavy (non-hydrogen) atoms. The average Bonchev–Trinajstić information content (AvgIpc) is 2.24. The van der Waals surface area contributed by atoms with Crippen molar-refractivity contribution in [2.24, 2.45) is 11.1 Å². The van der Waals surface area contributed by atoms with Gasteiger partial charge in [0.15, 0.2) is 0 Å². The Labute approximate surface area is 112 Å². The first-order valence-electron chi connectivity index (χ1n) is 6.16. The lowest BCUT2D eigenvalue weighted by Gasteiger charge is -2.29. The molecule has 0 saturated heterocycles. The van der Waals surface area contributed by atoms with Gasteiger partial charge in [-0.05, 0) is 29.2 Å². The molecule has 2 nitrogen and oxygen atoms in total. The Morgan fingerprint density at radius 2 is 1.74 bits per heavy atom. The Kier molecular flexibility index (Phi) is 4.50. The van der Waals surface area contributed by atoms with Crippen LogP contribution >= 0.6 is 0 Å². The van der Waals surface area contributed by atoms with Gasteiger partial charge in [-0.15, -0.1) is 0 Å². The van der Waals surface area contributed by atoms with Crippen LogP contribution in [0.1, 0.15) is 31.9 Å². The fourth-order valence-corrected chi connectivity index (χ4v) is 2.07. The molecule has 0 bridgehead atoms. The number of hydrogen-bond donors (Lipinski definition) is 1. The lowest BCUT2D eigenvalue weighted by Crippen LogP contribution is -2.29. The van der Waals surface area contributed by atoms with Gasteiger partial charge in [0.1, 0.15) is 0 Å². The molecule has 0 saturated carbocycles. The maximum absolute atomic E-state index is 12.8. The average molecular weight is 274 g/mol. The van der Waals surface area contributed by atoms with Gasteiger partial charge in [0, 0.05) is 25.8 Å². The van der Waals surface area contributed by atoms with Crippen LogP contribution in [0, 0.1) is 5.41 Å². The first-order valence-corrected chi connectivity index (χ1v) is 6.16. The highest BCUT2D eigenvalue weighted by atomic mass is 19.4. The Morgan fingerprint density at radius 3 is 2.16 bits per heavy atom. The van der Waals surface area contributed by atoms with Gasteiger partial charge in [-0.2, -0.15) is 13.2 Å². The summed E-state index contributed by atoms with van der Waals surface area (Å²) in [6.07, 6.45) is -4.35. The second-order valence-electron chi connectivity index (χ2n) is 5.96. The lowest BCUT2D eigenvalue weighted by molar-refractivity contribution is -0.138. The normalized spacial score (nSPS) is 12.6. The first-order chi connectivity index (χ1) is 8.54. The molecule has 0 aliphatic carbocycles. The molecule has 1 aromatic rings. The summed E-state index contributed by atoms with van der Waals surface area (Å²) in [5, 5.41) is 0. The largest absolute Gasteiger partial charge is 0.416 e. The number of alkyl halides is 3. The van der Waals surface area contributed by atoms with Gasteiger partial charge in [-0.3, -0.25) is 0 Å². The van der Waals surface area contributed by atoms with Crippen LogP contribution in [0.4, 0.5) is 18.9 Å². The molecule has 1 aromatic carbocycles. The molecule has 2 N–H and O–H groups in total. The summed E-state index contributed by atoms with van der Waals surface area (Å²) in [5.41, 5.74) is 5.73. The highest BCUT2D eigenvalue weighted by Crippen LogP contribution is 2.34. The van der Waals surface area contributed by atoms with Crippen LogP contribution in [-0.4, -0.2) is 13.6 Å². The van der Waals surface area contributed by atoms with Crippen LogP contribution in [0.2, 0.25) is 0 Å². The minimum Gasteiger partial charge on any atom is -0.374 e. The van der Waals surface area contributed by atoms with Gasteiger partial charge in [-0.25, -0.2) is 0 Å². The van der Waals surface area contributed by atoms with Crippen molar-refractivity contribution in [3.8, 4) is 0 Å². The van der Waals surface area contributed by atoms with Gasteiger partial charge < -0.3 is 10.6 Å². The summed E-state index contributed by atoms with van der Waals surface area (Å²) >= 11 is 0. The zero-order chi connectivity index (χ0) is 14.8. The van der Waals surface area contributed by atoms with E-state index >= 15 is 0 Å². The van der Waals surface area contributed by atoms with E-state index in [9.17, 15) is 13.2 Å². The molecule has 0 atom stereocenters. The number of anilines is 1. The highest BCUT2D eigenvalue weighted by molar-refractivity contribution is 5.51. The standard InChI is InChI=1S/C14H21F3N2/c1-13(2,3)9-19(4)11-5-6-12(14(15,16)17)10(7-11)8-18/h5-7H,8-9,18H2,1-4H3. The van der Waals surface area contributed by atoms with Crippen molar-refractivity contribution in [2.45, 2.75) is 33.5 Å². The monoisotopic (exact) mass is 274 g/mol. The van der Waals surface area contributed by atoms with Crippen molar-refractivity contribution in [1.29, 1.82) is 0 Å². The molecule has 0 heterocycles. The second kappa shape index (κ2) is 5.41. The topological polar surface area (TPSA) is 29.3 Å². The smallest absolute Gasteiger partial charge is 0.374 e. The number of rotatable bonds is 3. The molecular weight excluding hydrogens is 253 g/mol. The zero-order valence-corrected chi connectivity index (χ0v) is 11.8. The Balaban J connectivity index is 3.07. The van der Waals surface area contributed by atoms with Crippen LogP contribution in [-0.2, 0) is 12.7 Å². The molecule has 0 aliphatic heterocycles. The molecule has 108 valence electrons. The molecule has 0 fully saturated rings. The quantitative estimate of drug-likeness (QED) is 0.911. The van der Waals surface area contributed by atoms with E-state index in [1.165, 1.54) is 12.1 Å². The molecule has 0 unspecified atom stereocenters. The fraction of sp³-hybridized carbons (Fsp3) is 0.571. The predicted molar refractivity (Wildman–Crippen MR) is 72.1 cm³/mol. The van der Waals surface area contributed by atoms with Gasteiger partial charge >= 0.3 is 6.18 Å². The molecular formula is C14H21F3N2. The van der Waals surface area contributed by atoms with Crippen LogP contribution < -0.4 is 10.6 Å². The third-order valence-corrected chi connectivity index (χ3v) is 2.77. The van der Waals surface area contributed by atoms with E-state index in [1.807, 2.05) is 11.9 Å². The summed E-state index contributed by atoms with van der Waals surface area (Å²) in [4.78, 5) is 1.94. The highest BCUT2D eigenvalue weighted by Gasteiger charge is 2.33. The Bertz CT molecular complexity index is 433.